The fraction of sp³-hybridized carbons (Fsp3) is 0.231. The first-order valence-corrected chi connectivity index (χ1v) is 6.69. The molecule has 11 heteroatoms. The third-order valence-electron chi connectivity index (χ3n) is 2.85. The van der Waals surface area contributed by atoms with Crippen LogP contribution in [0.2, 0.25) is 0 Å². The van der Waals surface area contributed by atoms with Gasteiger partial charge >= 0.3 is 6.18 Å². The zero-order valence-electron chi connectivity index (χ0n) is 12.1. The fourth-order valence-corrected chi connectivity index (χ4v) is 1.89. The highest BCUT2D eigenvalue weighted by atomic mass is 19.4. The van der Waals surface area contributed by atoms with Crippen molar-refractivity contribution in [2.45, 2.75) is 12.9 Å². The standard InChI is InChI=1S/C13H11F3N6O2/c14-13(15,16)7-24-8-21-6-9(5-18-21)19-12(23)10-4-11-17-2-1-3-22(11)20-10/h1-6H,7-8H2,(H,19,23). The highest BCUT2D eigenvalue weighted by molar-refractivity contribution is 6.03. The lowest BCUT2D eigenvalue weighted by molar-refractivity contribution is -0.182. The number of halogens is 3. The molecule has 0 unspecified atom stereocenters. The van der Waals surface area contributed by atoms with Gasteiger partial charge in [0.1, 0.15) is 13.3 Å². The van der Waals surface area contributed by atoms with E-state index in [1.807, 2.05) is 0 Å². The number of nitrogens with zero attached hydrogens (tertiary/aromatic N) is 5. The van der Waals surface area contributed by atoms with Crippen molar-refractivity contribution < 1.29 is 22.7 Å². The maximum absolute atomic E-state index is 12.1. The molecule has 126 valence electrons. The van der Waals surface area contributed by atoms with Crippen molar-refractivity contribution in [3.05, 3.63) is 42.6 Å². The van der Waals surface area contributed by atoms with E-state index in [0.29, 0.717) is 11.3 Å². The molecule has 0 aliphatic carbocycles. The average molecular weight is 340 g/mol. The maximum atomic E-state index is 12.1. The number of carbonyl (C=O) groups excluding carboxylic acids is 1. The summed E-state index contributed by atoms with van der Waals surface area (Å²) in [5.41, 5.74) is 0.967. The molecule has 0 radical (unpaired) electrons. The molecule has 8 nitrogen and oxygen atoms in total. The van der Waals surface area contributed by atoms with Gasteiger partial charge in [-0.25, -0.2) is 14.2 Å². The molecular formula is C13H11F3N6O2. The van der Waals surface area contributed by atoms with Gasteiger partial charge in [0.15, 0.2) is 11.3 Å². The van der Waals surface area contributed by atoms with Gasteiger partial charge in [-0.1, -0.05) is 0 Å². The second-order valence-electron chi connectivity index (χ2n) is 4.77. The predicted octanol–water partition coefficient (Wildman–Crippen LogP) is 1.71. The first-order chi connectivity index (χ1) is 11.4. The molecule has 3 heterocycles. The molecular weight excluding hydrogens is 329 g/mol. The second kappa shape index (κ2) is 6.28. The van der Waals surface area contributed by atoms with E-state index in [2.05, 4.69) is 25.2 Å². The number of carbonyl (C=O) groups is 1. The van der Waals surface area contributed by atoms with Crippen LogP contribution in [-0.4, -0.2) is 43.1 Å². The van der Waals surface area contributed by atoms with E-state index in [9.17, 15) is 18.0 Å². The summed E-state index contributed by atoms with van der Waals surface area (Å²) < 4.78 is 43.0. The van der Waals surface area contributed by atoms with Crippen LogP contribution in [0.5, 0.6) is 0 Å². The van der Waals surface area contributed by atoms with Crippen LogP contribution in [-0.2, 0) is 11.5 Å². The molecule has 1 N–H and O–H groups in total. The lowest BCUT2D eigenvalue weighted by Crippen LogP contribution is -2.18. The number of ether oxygens (including phenoxy) is 1. The third-order valence-corrected chi connectivity index (χ3v) is 2.85. The number of hydrogen-bond acceptors (Lipinski definition) is 5. The molecule has 24 heavy (non-hydrogen) atoms. The van der Waals surface area contributed by atoms with Crippen molar-refractivity contribution in [2.75, 3.05) is 11.9 Å². The lowest BCUT2D eigenvalue weighted by Gasteiger charge is -2.07. The zero-order valence-corrected chi connectivity index (χ0v) is 12.1. The number of nitrogens with one attached hydrogen (secondary N) is 1. The van der Waals surface area contributed by atoms with Gasteiger partial charge in [0.05, 0.1) is 18.1 Å². The van der Waals surface area contributed by atoms with Gasteiger partial charge in [0.25, 0.3) is 5.91 Å². The number of alkyl halides is 3. The molecule has 3 aromatic rings. The number of amides is 1. The minimum absolute atomic E-state index is 0.148. The Morgan fingerprint density at radius 1 is 1.38 bits per heavy atom. The number of rotatable bonds is 5. The summed E-state index contributed by atoms with van der Waals surface area (Å²) in [4.78, 5) is 16.2. The highest BCUT2D eigenvalue weighted by Gasteiger charge is 2.27. The predicted molar refractivity (Wildman–Crippen MR) is 75.2 cm³/mol. The van der Waals surface area contributed by atoms with Crippen molar-refractivity contribution in [1.82, 2.24) is 24.4 Å². The largest absolute Gasteiger partial charge is 0.411 e. The van der Waals surface area contributed by atoms with Crippen LogP contribution in [0.15, 0.2) is 36.9 Å². The first-order valence-electron chi connectivity index (χ1n) is 6.69. The SMILES string of the molecule is O=C(Nc1cnn(COCC(F)(F)F)c1)c1cc2ncccn2n1. The molecule has 3 rings (SSSR count). The van der Waals surface area contributed by atoms with Gasteiger partial charge in [-0.2, -0.15) is 23.4 Å². The lowest BCUT2D eigenvalue weighted by atomic mass is 10.4. The van der Waals surface area contributed by atoms with Crippen LogP contribution >= 0.6 is 0 Å². The van der Waals surface area contributed by atoms with E-state index in [-0.39, 0.29) is 12.4 Å². The molecule has 3 aromatic heterocycles. The summed E-state index contributed by atoms with van der Waals surface area (Å²) in [6.07, 6.45) is 1.46. The Balaban J connectivity index is 1.60. The van der Waals surface area contributed by atoms with Gasteiger partial charge in [-0.15, -0.1) is 0 Å². The zero-order chi connectivity index (χ0) is 17.2. The van der Waals surface area contributed by atoms with Crippen LogP contribution in [0, 0.1) is 0 Å². The Kier molecular flexibility index (Phi) is 4.16. The molecule has 0 saturated heterocycles. The molecule has 0 saturated carbocycles. The minimum Gasteiger partial charge on any atom is -0.350 e. The van der Waals surface area contributed by atoms with Crippen molar-refractivity contribution in [3.8, 4) is 0 Å². The molecule has 0 atom stereocenters. The molecule has 0 aromatic carbocycles. The Labute approximate surface area is 132 Å². The number of fused-ring (bicyclic) bond motifs is 1. The molecule has 1 amide bonds. The third kappa shape index (κ3) is 3.87. The number of aromatic nitrogens is 5. The Hall–Kier alpha value is -2.95. The van der Waals surface area contributed by atoms with Crippen LogP contribution in [0.1, 0.15) is 10.5 Å². The van der Waals surface area contributed by atoms with Crippen molar-refractivity contribution >= 4 is 17.2 Å². The summed E-state index contributed by atoms with van der Waals surface area (Å²) in [6.45, 7) is -1.75. The molecule has 0 fully saturated rings. The summed E-state index contributed by atoms with van der Waals surface area (Å²) in [6, 6.07) is 3.18. The van der Waals surface area contributed by atoms with E-state index >= 15 is 0 Å². The van der Waals surface area contributed by atoms with Crippen LogP contribution in [0.3, 0.4) is 0 Å². The smallest absolute Gasteiger partial charge is 0.350 e. The van der Waals surface area contributed by atoms with Gasteiger partial charge in [-0.05, 0) is 6.07 Å². The van der Waals surface area contributed by atoms with Crippen LogP contribution in [0.4, 0.5) is 18.9 Å². The van der Waals surface area contributed by atoms with Gasteiger partial charge in [0.2, 0.25) is 0 Å². The van der Waals surface area contributed by atoms with Crippen LogP contribution in [0.25, 0.3) is 5.65 Å². The quantitative estimate of drug-likeness (QED) is 0.764. The van der Waals surface area contributed by atoms with Crippen molar-refractivity contribution in [2.24, 2.45) is 0 Å². The average Bonchev–Trinajstić information content (AvgIpc) is 3.12. The van der Waals surface area contributed by atoms with E-state index in [1.54, 1.807) is 18.5 Å². The first kappa shape index (κ1) is 15.9. The van der Waals surface area contributed by atoms with E-state index < -0.39 is 18.7 Å². The van der Waals surface area contributed by atoms with Gasteiger partial charge < -0.3 is 10.1 Å². The molecule has 0 bridgehead atoms. The normalized spacial score (nSPS) is 11.8. The summed E-state index contributed by atoms with van der Waals surface area (Å²) in [5.74, 6) is -0.490. The van der Waals surface area contributed by atoms with E-state index in [1.165, 1.54) is 23.0 Å². The summed E-state index contributed by atoms with van der Waals surface area (Å²) >= 11 is 0. The van der Waals surface area contributed by atoms with E-state index in [4.69, 9.17) is 0 Å². The minimum atomic E-state index is -4.40. The summed E-state index contributed by atoms with van der Waals surface area (Å²) in [7, 11) is 0. The number of anilines is 1. The van der Waals surface area contributed by atoms with E-state index in [0.717, 1.165) is 4.68 Å². The van der Waals surface area contributed by atoms with Crippen LogP contribution < -0.4 is 5.32 Å². The van der Waals surface area contributed by atoms with Gasteiger partial charge in [-0.3, -0.25) is 4.79 Å². The second-order valence-corrected chi connectivity index (χ2v) is 4.77. The Bertz CT molecular complexity index is 824. The van der Waals surface area contributed by atoms with Crippen molar-refractivity contribution in [3.63, 3.8) is 0 Å². The molecule has 0 spiro atoms. The molecule has 0 aliphatic rings. The van der Waals surface area contributed by atoms with Gasteiger partial charge in [0, 0.05) is 18.5 Å². The van der Waals surface area contributed by atoms with Crippen molar-refractivity contribution in [1.29, 1.82) is 0 Å². The number of hydrogen-bond donors (Lipinski definition) is 1. The maximum Gasteiger partial charge on any atom is 0.411 e. The Morgan fingerprint density at radius 2 is 2.21 bits per heavy atom. The summed E-state index contributed by atoms with van der Waals surface area (Å²) in [5, 5.41) is 10.4. The molecule has 0 aliphatic heterocycles. The Morgan fingerprint density at radius 3 is 2.96 bits per heavy atom. The highest BCUT2D eigenvalue weighted by Crippen LogP contribution is 2.15. The topological polar surface area (TPSA) is 86.3 Å². The fourth-order valence-electron chi connectivity index (χ4n) is 1.89. The monoisotopic (exact) mass is 340 g/mol.